The number of nitrogens with one attached hydrogen (secondary N) is 2. The monoisotopic (exact) mass is 242 g/mol. The third-order valence-corrected chi connectivity index (χ3v) is 1.96. The van der Waals surface area contributed by atoms with Crippen LogP contribution >= 0.6 is 0 Å². The van der Waals surface area contributed by atoms with E-state index in [1.54, 1.807) is 18.5 Å². The highest BCUT2D eigenvalue weighted by atomic mass is 15.1. The molecule has 0 spiro atoms. The molecular weight excluding hydrogens is 224 g/mol. The van der Waals surface area contributed by atoms with Gasteiger partial charge in [-0.25, -0.2) is 4.98 Å². The standard InChI is InChI=1S/C9H13N3.C5H5N/c1-3-5-8-7-11-9(12-8)10-6-4-2;1-2-4-6-5-3-1/h3-4,7H,1-2,5-6H2,(H2,10,11,12);1-5H. The maximum atomic E-state index is 4.25. The van der Waals surface area contributed by atoms with E-state index in [0.717, 1.165) is 24.6 Å². The van der Waals surface area contributed by atoms with E-state index < -0.39 is 0 Å². The Balaban J connectivity index is 0.000000225. The van der Waals surface area contributed by atoms with Gasteiger partial charge >= 0.3 is 0 Å². The zero-order valence-corrected chi connectivity index (χ0v) is 10.3. The zero-order valence-electron chi connectivity index (χ0n) is 10.3. The smallest absolute Gasteiger partial charge is 0.200 e. The molecule has 0 bridgehead atoms. The number of imidazole rings is 1. The van der Waals surface area contributed by atoms with E-state index in [1.165, 1.54) is 0 Å². The van der Waals surface area contributed by atoms with E-state index in [4.69, 9.17) is 0 Å². The molecule has 0 fully saturated rings. The largest absolute Gasteiger partial charge is 0.352 e. The normalized spacial score (nSPS) is 8.89. The summed E-state index contributed by atoms with van der Waals surface area (Å²) in [5, 5.41) is 3.05. The second-order valence-electron chi connectivity index (χ2n) is 3.43. The van der Waals surface area contributed by atoms with Gasteiger partial charge in [0.15, 0.2) is 0 Å². The summed E-state index contributed by atoms with van der Waals surface area (Å²) in [6, 6.07) is 5.72. The number of H-pyrrole nitrogens is 1. The summed E-state index contributed by atoms with van der Waals surface area (Å²) in [4.78, 5) is 11.0. The van der Waals surface area contributed by atoms with Crippen LogP contribution in [-0.2, 0) is 6.42 Å². The summed E-state index contributed by atoms with van der Waals surface area (Å²) in [6.45, 7) is 7.96. The molecule has 0 aliphatic heterocycles. The van der Waals surface area contributed by atoms with Crippen molar-refractivity contribution in [2.24, 2.45) is 0 Å². The first-order chi connectivity index (χ1) is 8.86. The van der Waals surface area contributed by atoms with E-state index in [0.29, 0.717) is 0 Å². The molecule has 2 aromatic rings. The molecule has 94 valence electrons. The van der Waals surface area contributed by atoms with Crippen LogP contribution in [0.15, 0.2) is 62.1 Å². The summed E-state index contributed by atoms with van der Waals surface area (Å²) >= 11 is 0. The van der Waals surface area contributed by atoms with Gasteiger partial charge in [-0.3, -0.25) is 4.98 Å². The van der Waals surface area contributed by atoms with Gasteiger partial charge in [-0.2, -0.15) is 0 Å². The molecule has 0 radical (unpaired) electrons. The highest BCUT2D eigenvalue weighted by Crippen LogP contribution is 2.02. The van der Waals surface area contributed by atoms with Gasteiger partial charge in [0, 0.05) is 31.6 Å². The molecule has 18 heavy (non-hydrogen) atoms. The van der Waals surface area contributed by atoms with Crippen molar-refractivity contribution in [3.63, 3.8) is 0 Å². The summed E-state index contributed by atoms with van der Waals surface area (Å²) < 4.78 is 0. The minimum absolute atomic E-state index is 0.723. The first kappa shape index (κ1) is 13.7. The molecule has 0 saturated carbocycles. The summed E-state index contributed by atoms with van der Waals surface area (Å²) in [6.07, 6.45) is 9.78. The average Bonchev–Trinajstić information content (AvgIpc) is 2.87. The minimum Gasteiger partial charge on any atom is -0.352 e. The third kappa shape index (κ3) is 5.65. The molecule has 0 aromatic carbocycles. The maximum absolute atomic E-state index is 4.25. The number of rotatable bonds is 5. The van der Waals surface area contributed by atoms with Crippen molar-refractivity contribution in [2.75, 3.05) is 11.9 Å². The summed E-state index contributed by atoms with van der Waals surface area (Å²) in [7, 11) is 0. The van der Waals surface area contributed by atoms with Gasteiger partial charge in [-0.1, -0.05) is 18.2 Å². The second-order valence-corrected chi connectivity index (χ2v) is 3.43. The lowest BCUT2D eigenvalue weighted by molar-refractivity contribution is 1.14. The molecule has 2 heterocycles. The Morgan fingerprint density at radius 1 is 1.17 bits per heavy atom. The quantitative estimate of drug-likeness (QED) is 0.793. The Hall–Kier alpha value is -2.36. The van der Waals surface area contributed by atoms with Gasteiger partial charge in [0.1, 0.15) is 0 Å². The van der Waals surface area contributed by atoms with Crippen molar-refractivity contribution in [3.8, 4) is 0 Å². The lowest BCUT2D eigenvalue weighted by Gasteiger charge is -1.94. The van der Waals surface area contributed by atoms with Gasteiger partial charge in [0.05, 0.1) is 5.69 Å². The Labute approximate surface area is 108 Å². The fraction of sp³-hybridized carbons (Fsp3) is 0.143. The van der Waals surface area contributed by atoms with Crippen molar-refractivity contribution in [3.05, 3.63) is 67.8 Å². The predicted molar refractivity (Wildman–Crippen MR) is 75.4 cm³/mol. The number of aromatic amines is 1. The summed E-state index contributed by atoms with van der Waals surface area (Å²) in [5.74, 6) is 0.784. The van der Waals surface area contributed by atoms with Gasteiger partial charge in [0.2, 0.25) is 5.95 Å². The SMILES string of the molecule is C=CCNc1nc(CC=C)c[nH]1.c1ccncc1. The first-order valence-corrected chi connectivity index (χ1v) is 5.71. The van der Waals surface area contributed by atoms with Crippen LogP contribution in [0.5, 0.6) is 0 Å². The minimum atomic E-state index is 0.723. The first-order valence-electron chi connectivity index (χ1n) is 5.71. The van der Waals surface area contributed by atoms with Crippen molar-refractivity contribution >= 4 is 5.95 Å². The third-order valence-electron chi connectivity index (χ3n) is 1.96. The van der Waals surface area contributed by atoms with Crippen LogP contribution < -0.4 is 5.32 Å². The fourth-order valence-electron chi connectivity index (χ4n) is 1.18. The molecule has 4 heteroatoms. The van der Waals surface area contributed by atoms with E-state index in [9.17, 15) is 0 Å². The van der Waals surface area contributed by atoms with Gasteiger partial charge in [-0.05, 0) is 12.1 Å². The van der Waals surface area contributed by atoms with Crippen LogP contribution in [-0.4, -0.2) is 21.5 Å². The van der Waals surface area contributed by atoms with E-state index in [2.05, 4.69) is 33.4 Å². The zero-order chi connectivity index (χ0) is 13.1. The van der Waals surface area contributed by atoms with Crippen molar-refractivity contribution in [1.29, 1.82) is 0 Å². The number of pyridine rings is 1. The fourth-order valence-corrected chi connectivity index (χ4v) is 1.18. The van der Waals surface area contributed by atoms with Crippen LogP contribution in [0.2, 0.25) is 0 Å². The number of anilines is 1. The Kier molecular flexibility index (Phi) is 6.66. The van der Waals surface area contributed by atoms with E-state index in [-0.39, 0.29) is 0 Å². The van der Waals surface area contributed by atoms with E-state index >= 15 is 0 Å². The van der Waals surface area contributed by atoms with Crippen molar-refractivity contribution < 1.29 is 0 Å². The molecule has 4 nitrogen and oxygen atoms in total. The average molecular weight is 242 g/mol. The molecule has 0 aliphatic rings. The molecule has 0 saturated heterocycles. The molecule has 2 rings (SSSR count). The highest BCUT2D eigenvalue weighted by molar-refractivity contribution is 5.27. The Morgan fingerprint density at radius 3 is 2.44 bits per heavy atom. The van der Waals surface area contributed by atoms with Crippen molar-refractivity contribution in [1.82, 2.24) is 15.0 Å². The number of aromatic nitrogens is 3. The van der Waals surface area contributed by atoms with Crippen LogP contribution in [0.3, 0.4) is 0 Å². The predicted octanol–water partition coefficient (Wildman–Crippen LogP) is 2.82. The molecule has 2 aromatic heterocycles. The number of hydrogen-bond acceptors (Lipinski definition) is 3. The molecule has 0 atom stereocenters. The topological polar surface area (TPSA) is 53.6 Å². The molecular formula is C14H18N4. The summed E-state index contributed by atoms with van der Waals surface area (Å²) in [5.41, 5.74) is 0.997. The highest BCUT2D eigenvalue weighted by Gasteiger charge is 1.96. The molecule has 0 amide bonds. The second kappa shape index (κ2) is 8.75. The number of allylic oxidation sites excluding steroid dienone is 1. The number of hydrogen-bond donors (Lipinski definition) is 2. The van der Waals surface area contributed by atoms with E-state index in [1.807, 2.05) is 30.5 Å². The maximum Gasteiger partial charge on any atom is 0.200 e. The van der Waals surface area contributed by atoms with Gasteiger partial charge < -0.3 is 10.3 Å². The lowest BCUT2D eigenvalue weighted by atomic mass is 10.3. The Morgan fingerprint density at radius 2 is 1.94 bits per heavy atom. The van der Waals surface area contributed by atoms with Crippen LogP contribution in [0.25, 0.3) is 0 Å². The Bertz CT molecular complexity index is 421. The lowest BCUT2D eigenvalue weighted by Crippen LogP contribution is -1.99. The number of nitrogens with zero attached hydrogens (tertiary/aromatic N) is 2. The van der Waals surface area contributed by atoms with Gasteiger partial charge in [0.25, 0.3) is 0 Å². The van der Waals surface area contributed by atoms with Crippen LogP contribution in [0, 0.1) is 0 Å². The van der Waals surface area contributed by atoms with Crippen LogP contribution in [0.1, 0.15) is 5.69 Å². The van der Waals surface area contributed by atoms with Crippen LogP contribution in [0.4, 0.5) is 5.95 Å². The molecule has 0 aliphatic carbocycles. The van der Waals surface area contributed by atoms with Gasteiger partial charge in [-0.15, -0.1) is 13.2 Å². The molecule has 0 unspecified atom stereocenters. The van der Waals surface area contributed by atoms with Crippen molar-refractivity contribution in [2.45, 2.75) is 6.42 Å². The molecule has 2 N–H and O–H groups in total.